The molecule has 2 aromatic carbocycles. The van der Waals surface area contributed by atoms with Gasteiger partial charge in [-0.2, -0.15) is 0 Å². The van der Waals surface area contributed by atoms with E-state index in [4.69, 9.17) is 25.8 Å². The second kappa shape index (κ2) is 9.18. The number of benzene rings is 2. The zero-order valence-electron chi connectivity index (χ0n) is 16.8. The van der Waals surface area contributed by atoms with Crippen molar-refractivity contribution in [3.05, 3.63) is 53.7 Å². The van der Waals surface area contributed by atoms with Crippen molar-refractivity contribution in [1.82, 2.24) is 14.9 Å². The summed E-state index contributed by atoms with van der Waals surface area (Å²) in [5.74, 6) is 0.758. The molecule has 0 unspecified atom stereocenters. The third kappa shape index (κ3) is 4.86. The van der Waals surface area contributed by atoms with Gasteiger partial charge in [-0.15, -0.1) is 0 Å². The molecule has 0 saturated carbocycles. The summed E-state index contributed by atoms with van der Waals surface area (Å²) in [5, 5.41) is 0.593. The van der Waals surface area contributed by atoms with Gasteiger partial charge >= 0.3 is 5.97 Å². The second-order valence-electron chi connectivity index (χ2n) is 6.97. The van der Waals surface area contributed by atoms with Gasteiger partial charge in [0, 0.05) is 11.6 Å². The number of rotatable bonds is 6. The van der Waals surface area contributed by atoms with Gasteiger partial charge in [0.15, 0.2) is 6.61 Å². The first-order valence-corrected chi connectivity index (χ1v) is 10.1. The summed E-state index contributed by atoms with van der Waals surface area (Å²) >= 11 is 5.96. The lowest BCUT2D eigenvalue weighted by molar-refractivity contribution is -0.151. The summed E-state index contributed by atoms with van der Waals surface area (Å²) in [4.78, 5) is 34.4. The number of fused-ring (bicyclic) bond motifs is 1. The van der Waals surface area contributed by atoms with Gasteiger partial charge in [0.1, 0.15) is 17.5 Å². The van der Waals surface area contributed by atoms with Gasteiger partial charge in [-0.3, -0.25) is 4.79 Å². The van der Waals surface area contributed by atoms with E-state index in [0.717, 1.165) is 6.42 Å². The van der Waals surface area contributed by atoms with Crippen molar-refractivity contribution in [2.75, 3.05) is 20.3 Å². The molecule has 2 heterocycles. The van der Waals surface area contributed by atoms with Crippen LogP contribution in [0.4, 0.5) is 0 Å². The van der Waals surface area contributed by atoms with Gasteiger partial charge < -0.3 is 19.1 Å². The molecule has 1 amide bonds. The van der Waals surface area contributed by atoms with Crippen molar-refractivity contribution < 1.29 is 23.8 Å². The number of amides is 1. The first-order valence-electron chi connectivity index (χ1n) is 9.74. The Morgan fingerprint density at radius 3 is 2.68 bits per heavy atom. The van der Waals surface area contributed by atoms with Crippen LogP contribution in [0.25, 0.3) is 11.0 Å². The topological polar surface area (TPSA) is 90.9 Å². The first-order chi connectivity index (χ1) is 15.0. The number of carbonyl (C=O) groups is 2. The highest BCUT2D eigenvalue weighted by atomic mass is 35.5. The van der Waals surface area contributed by atoms with Crippen LogP contribution < -0.4 is 9.47 Å². The van der Waals surface area contributed by atoms with E-state index in [2.05, 4.69) is 9.97 Å². The molecule has 1 atom stereocenters. The van der Waals surface area contributed by atoms with Gasteiger partial charge in [-0.05, 0) is 55.3 Å². The molecule has 0 N–H and O–H groups in total. The van der Waals surface area contributed by atoms with Gasteiger partial charge in [-0.25, -0.2) is 14.8 Å². The molecule has 3 aromatic rings. The first kappa shape index (κ1) is 20.9. The van der Waals surface area contributed by atoms with E-state index in [-0.39, 0.29) is 12.5 Å². The minimum Gasteiger partial charge on any atom is -0.484 e. The molecule has 0 radical (unpaired) electrons. The van der Waals surface area contributed by atoms with Crippen LogP contribution in [0.2, 0.25) is 5.02 Å². The van der Waals surface area contributed by atoms with Crippen LogP contribution in [0.15, 0.2) is 48.7 Å². The Labute approximate surface area is 183 Å². The van der Waals surface area contributed by atoms with E-state index in [9.17, 15) is 9.59 Å². The number of methoxy groups -OCH3 is 1. The summed E-state index contributed by atoms with van der Waals surface area (Å²) in [6, 6.07) is 11.5. The number of ether oxygens (including phenoxy) is 3. The van der Waals surface area contributed by atoms with E-state index in [0.29, 0.717) is 46.4 Å². The lowest BCUT2D eigenvalue weighted by Crippen LogP contribution is -2.43. The van der Waals surface area contributed by atoms with Crippen molar-refractivity contribution in [2.24, 2.45) is 0 Å². The molecule has 31 heavy (non-hydrogen) atoms. The van der Waals surface area contributed by atoms with Crippen molar-refractivity contribution >= 4 is 34.5 Å². The number of carbonyl (C=O) groups excluding carboxylic acids is 2. The van der Waals surface area contributed by atoms with E-state index in [1.165, 1.54) is 18.2 Å². The SMILES string of the molecule is COC(=O)[C@@H]1CCCN1C(=O)COc1ccc(Oc2cnc3cc(Cl)ccc3n2)cc1. The maximum absolute atomic E-state index is 12.4. The fourth-order valence-electron chi connectivity index (χ4n) is 3.41. The Balaban J connectivity index is 1.34. The van der Waals surface area contributed by atoms with Gasteiger partial charge in [0.25, 0.3) is 5.91 Å². The smallest absolute Gasteiger partial charge is 0.328 e. The van der Waals surface area contributed by atoms with Crippen molar-refractivity contribution in [3.8, 4) is 17.4 Å². The van der Waals surface area contributed by atoms with Crippen LogP contribution in [0, 0.1) is 0 Å². The fourth-order valence-corrected chi connectivity index (χ4v) is 3.58. The minimum atomic E-state index is -0.532. The molecule has 0 bridgehead atoms. The second-order valence-corrected chi connectivity index (χ2v) is 7.41. The lowest BCUT2D eigenvalue weighted by atomic mass is 10.2. The third-order valence-electron chi connectivity index (χ3n) is 4.94. The van der Waals surface area contributed by atoms with Crippen LogP contribution in [0.5, 0.6) is 17.4 Å². The van der Waals surface area contributed by atoms with Crippen molar-refractivity contribution in [2.45, 2.75) is 18.9 Å². The Morgan fingerprint density at radius 2 is 1.90 bits per heavy atom. The van der Waals surface area contributed by atoms with Crippen LogP contribution in [-0.2, 0) is 14.3 Å². The highest BCUT2D eigenvalue weighted by Gasteiger charge is 2.34. The summed E-state index contributed by atoms with van der Waals surface area (Å²) in [5.41, 5.74) is 1.35. The summed E-state index contributed by atoms with van der Waals surface area (Å²) in [7, 11) is 1.32. The maximum Gasteiger partial charge on any atom is 0.328 e. The van der Waals surface area contributed by atoms with E-state index in [1.807, 2.05) is 0 Å². The molecule has 1 aliphatic rings. The number of likely N-dealkylation sites (tertiary alicyclic amines) is 1. The predicted molar refractivity (Wildman–Crippen MR) is 113 cm³/mol. The maximum atomic E-state index is 12.4. The number of halogens is 1. The summed E-state index contributed by atoms with van der Waals surface area (Å²) < 4.78 is 16.1. The molecule has 1 saturated heterocycles. The molecule has 8 nitrogen and oxygen atoms in total. The summed E-state index contributed by atoms with van der Waals surface area (Å²) in [6.07, 6.45) is 2.90. The Kier molecular flexibility index (Phi) is 6.18. The van der Waals surface area contributed by atoms with Gasteiger partial charge in [0.2, 0.25) is 5.88 Å². The zero-order valence-corrected chi connectivity index (χ0v) is 17.5. The Hall–Kier alpha value is -3.39. The predicted octanol–water partition coefficient (Wildman–Crippen LogP) is 3.62. The highest BCUT2D eigenvalue weighted by molar-refractivity contribution is 6.31. The third-order valence-corrected chi connectivity index (χ3v) is 5.17. The largest absolute Gasteiger partial charge is 0.484 e. The highest BCUT2D eigenvalue weighted by Crippen LogP contribution is 2.25. The summed E-state index contributed by atoms with van der Waals surface area (Å²) in [6.45, 7) is 0.361. The van der Waals surface area contributed by atoms with Gasteiger partial charge in [-0.1, -0.05) is 11.6 Å². The van der Waals surface area contributed by atoms with E-state index < -0.39 is 12.0 Å². The van der Waals surface area contributed by atoms with E-state index in [1.54, 1.807) is 42.5 Å². The minimum absolute atomic E-state index is 0.160. The van der Waals surface area contributed by atoms with Crippen LogP contribution >= 0.6 is 11.6 Å². The van der Waals surface area contributed by atoms with Crippen LogP contribution in [0.3, 0.4) is 0 Å². The number of nitrogens with zero attached hydrogens (tertiary/aromatic N) is 3. The monoisotopic (exact) mass is 441 g/mol. The van der Waals surface area contributed by atoms with Crippen LogP contribution in [0.1, 0.15) is 12.8 Å². The molecule has 0 aliphatic carbocycles. The zero-order chi connectivity index (χ0) is 21.8. The Bertz CT molecular complexity index is 1110. The molecular weight excluding hydrogens is 422 g/mol. The lowest BCUT2D eigenvalue weighted by Gasteiger charge is -2.22. The molecule has 160 valence electrons. The molecule has 4 rings (SSSR count). The molecule has 1 fully saturated rings. The van der Waals surface area contributed by atoms with E-state index >= 15 is 0 Å². The molecule has 9 heteroatoms. The number of aromatic nitrogens is 2. The average Bonchev–Trinajstić information content (AvgIpc) is 3.28. The molecular formula is C22H20ClN3O5. The number of esters is 1. The Morgan fingerprint density at radius 1 is 1.13 bits per heavy atom. The fraction of sp³-hybridized carbons (Fsp3) is 0.273. The molecule has 0 spiro atoms. The number of hydrogen-bond acceptors (Lipinski definition) is 7. The van der Waals surface area contributed by atoms with Crippen molar-refractivity contribution in [1.29, 1.82) is 0 Å². The standard InChI is InChI=1S/C22H20ClN3O5/c1-29-22(28)19-3-2-10-26(19)21(27)13-30-15-5-7-16(8-6-15)31-20-12-24-18-11-14(23)4-9-17(18)25-20/h4-9,11-12,19H,2-3,10,13H2,1H3/t19-/m0/s1. The van der Waals surface area contributed by atoms with Crippen LogP contribution in [-0.4, -0.2) is 53.0 Å². The average molecular weight is 442 g/mol. The van der Waals surface area contributed by atoms with Crippen molar-refractivity contribution in [3.63, 3.8) is 0 Å². The number of hydrogen-bond donors (Lipinski definition) is 0. The molecule has 1 aliphatic heterocycles. The molecule has 1 aromatic heterocycles. The normalized spacial score (nSPS) is 15.7. The van der Waals surface area contributed by atoms with Gasteiger partial charge in [0.05, 0.1) is 24.3 Å². The quantitative estimate of drug-likeness (QED) is 0.539.